The van der Waals surface area contributed by atoms with Crippen LogP contribution in [0.1, 0.15) is 22.4 Å². The van der Waals surface area contributed by atoms with Gasteiger partial charge in [0.25, 0.3) is 0 Å². The van der Waals surface area contributed by atoms with Crippen LogP contribution in [-0.4, -0.2) is 22.5 Å². The van der Waals surface area contributed by atoms with Crippen molar-refractivity contribution in [2.75, 3.05) is 6.54 Å². The van der Waals surface area contributed by atoms with E-state index in [0.29, 0.717) is 5.56 Å². The van der Waals surface area contributed by atoms with E-state index in [1.54, 1.807) is 19.2 Å². The van der Waals surface area contributed by atoms with E-state index in [0.717, 1.165) is 9.88 Å². The summed E-state index contributed by atoms with van der Waals surface area (Å²) in [6.45, 7) is 3.49. The van der Waals surface area contributed by atoms with Crippen LogP contribution in [0.3, 0.4) is 0 Å². The minimum absolute atomic E-state index is 0.0313. The van der Waals surface area contributed by atoms with Gasteiger partial charge in [-0.05, 0) is 37.6 Å². The number of aromatic nitrogens is 1. The zero-order chi connectivity index (χ0) is 16.2. The molecule has 0 spiro atoms. The highest BCUT2D eigenvalue weighted by Gasteiger charge is 2.23. The van der Waals surface area contributed by atoms with Gasteiger partial charge in [0, 0.05) is 17.2 Å². The number of aryl methyl sites for hydroxylation is 1. The second-order valence-electron chi connectivity index (χ2n) is 5.11. The number of rotatable bonds is 5. The summed E-state index contributed by atoms with van der Waals surface area (Å²) in [4.78, 5) is 16.7. The second kappa shape index (κ2) is 6.81. The molecule has 0 fully saturated rings. The van der Waals surface area contributed by atoms with Gasteiger partial charge in [-0.1, -0.05) is 12.1 Å². The molecule has 1 aromatic heterocycles. The molecule has 4 nitrogen and oxygen atoms in total. The van der Waals surface area contributed by atoms with E-state index < -0.39 is 5.60 Å². The normalized spacial score (nSPS) is 14.0. The highest BCUT2D eigenvalue weighted by Crippen LogP contribution is 2.20. The summed E-state index contributed by atoms with van der Waals surface area (Å²) in [6, 6.07) is 5.55. The van der Waals surface area contributed by atoms with Crippen molar-refractivity contribution in [3.05, 3.63) is 57.8 Å². The minimum Gasteiger partial charge on any atom is -0.384 e. The Balaban J connectivity index is 1.92. The fraction of sp³-hybridized carbons (Fsp3) is 0.250. The first-order valence-electron chi connectivity index (χ1n) is 6.73. The first kappa shape index (κ1) is 16.3. The molecule has 1 heterocycles. The number of benzene rings is 1. The lowest BCUT2D eigenvalue weighted by atomic mass is 9.96. The van der Waals surface area contributed by atoms with Gasteiger partial charge in [-0.15, -0.1) is 11.3 Å². The Labute approximate surface area is 132 Å². The van der Waals surface area contributed by atoms with Gasteiger partial charge >= 0.3 is 0 Å². The second-order valence-corrected chi connectivity index (χ2v) is 6.38. The van der Waals surface area contributed by atoms with Crippen molar-refractivity contribution < 1.29 is 14.3 Å². The Kier molecular flexibility index (Phi) is 5.05. The van der Waals surface area contributed by atoms with Crippen LogP contribution in [0, 0.1) is 12.7 Å². The summed E-state index contributed by atoms with van der Waals surface area (Å²) in [5.41, 5.74) is -0.727. The molecule has 1 aromatic carbocycles. The summed E-state index contributed by atoms with van der Waals surface area (Å²) in [6.07, 6.45) is 4.76. The largest absolute Gasteiger partial charge is 0.384 e. The first-order valence-corrected chi connectivity index (χ1v) is 7.55. The van der Waals surface area contributed by atoms with E-state index in [9.17, 15) is 14.3 Å². The molecule has 2 rings (SSSR count). The van der Waals surface area contributed by atoms with Gasteiger partial charge < -0.3 is 10.4 Å². The van der Waals surface area contributed by atoms with Gasteiger partial charge in [-0.3, -0.25) is 4.79 Å². The minimum atomic E-state index is -1.27. The fourth-order valence-electron chi connectivity index (χ4n) is 1.84. The van der Waals surface area contributed by atoms with E-state index in [1.807, 2.05) is 6.92 Å². The van der Waals surface area contributed by atoms with Crippen LogP contribution >= 0.6 is 11.3 Å². The third-order valence-electron chi connectivity index (χ3n) is 3.11. The van der Waals surface area contributed by atoms with Crippen LogP contribution < -0.4 is 5.32 Å². The summed E-state index contributed by atoms with van der Waals surface area (Å²) in [5, 5.41) is 13.9. The number of amides is 1. The monoisotopic (exact) mass is 320 g/mol. The molecular formula is C16H17FN2O2S. The Bertz CT molecular complexity index is 678. The van der Waals surface area contributed by atoms with Crippen molar-refractivity contribution in [3.8, 4) is 0 Å². The maximum atomic E-state index is 12.9. The number of nitrogens with zero attached hydrogens (tertiary/aromatic N) is 1. The topological polar surface area (TPSA) is 62.2 Å². The molecule has 2 N–H and O–H groups in total. The molecule has 0 saturated carbocycles. The fourth-order valence-corrected chi connectivity index (χ4v) is 2.53. The molecule has 0 bridgehead atoms. The van der Waals surface area contributed by atoms with Crippen molar-refractivity contribution >= 4 is 23.3 Å². The number of thiazole rings is 1. The SMILES string of the molecule is Cc1ncc(/C=C/C(=O)NCC(C)(O)c2ccc(F)cc2)s1. The molecule has 0 radical (unpaired) electrons. The molecule has 0 aliphatic heterocycles. The zero-order valence-corrected chi connectivity index (χ0v) is 13.2. The standard InChI is InChI=1S/C16H17FN2O2S/c1-11-18-9-14(22-11)7-8-15(20)19-10-16(2,21)12-3-5-13(17)6-4-12/h3-9,21H,10H2,1-2H3,(H,19,20)/b8-7+. The smallest absolute Gasteiger partial charge is 0.244 e. The molecule has 0 saturated heterocycles. The van der Waals surface area contributed by atoms with E-state index in [1.165, 1.54) is 41.7 Å². The number of nitrogens with one attached hydrogen (secondary N) is 1. The number of carbonyl (C=O) groups is 1. The molecular weight excluding hydrogens is 303 g/mol. The number of hydrogen-bond acceptors (Lipinski definition) is 4. The number of carbonyl (C=O) groups excluding carboxylic acids is 1. The molecule has 2 aromatic rings. The molecule has 22 heavy (non-hydrogen) atoms. The average molecular weight is 320 g/mol. The van der Waals surface area contributed by atoms with Crippen LogP contribution in [0.5, 0.6) is 0 Å². The van der Waals surface area contributed by atoms with Crippen LogP contribution in [0.25, 0.3) is 6.08 Å². The summed E-state index contributed by atoms with van der Waals surface area (Å²) < 4.78 is 12.9. The number of halogens is 1. The van der Waals surface area contributed by atoms with Crippen molar-refractivity contribution in [2.45, 2.75) is 19.4 Å². The highest BCUT2D eigenvalue weighted by atomic mass is 32.1. The van der Waals surface area contributed by atoms with Gasteiger partial charge in [0.15, 0.2) is 0 Å². The average Bonchev–Trinajstić information content (AvgIpc) is 2.89. The van der Waals surface area contributed by atoms with Gasteiger partial charge in [0.05, 0.1) is 11.6 Å². The molecule has 0 aliphatic rings. The third-order valence-corrected chi connectivity index (χ3v) is 3.99. The maximum Gasteiger partial charge on any atom is 0.244 e. The lowest BCUT2D eigenvalue weighted by Crippen LogP contribution is -2.37. The molecule has 1 amide bonds. The van der Waals surface area contributed by atoms with Crippen LogP contribution in [0.2, 0.25) is 0 Å². The van der Waals surface area contributed by atoms with Crippen molar-refractivity contribution in [1.29, 1.82) is 0 Å². The summed E-state index contributed by atoms with van der Waals surface area (Å²) >= 11 is 1.49. The summed E-state index contributed by atoms with van der Waals surface area (Å²) in [7, 11) is 0. The van der Waals surface area contributed by atoms with E-state index in [4.69, 9.17) is 0 Å². The lowest BCUT2D eigenvalue weighted by molar-refractivity contribution is -0.117. The maximum absolute atomic E-state index is 12.9. The zero-order valence-electron chi connectivity index (χ0n) is 12.3. The Morgan fingerprint density at radius 2 is 2.14 bits per heavy atom. The van der Waals surface area contributed by atoms with Gasteiger partial charge in [0.1, 0.15) is 11.4 Å². The molecule has 0 aliphatic carbocycles. The number of aliphatic hydroxyl groups is 1. The lowest BCUT2D eigenvalue weighted by Gasteiger charge is -2.23. The summed E-state index contributed by atoms with van der Waals surface area (Å²) in [5.74, 6) is -0.681. The number of hydrogen-bond donors (Lipinski definition) is 2. The molecule has 116 valence electrons. The van der Waals surface area contributed by atoms with Gasteiger partial charge in [-0.2, -0.15) is 0 Å². The van der Waals surface area contributed by atoms with Crippen molar-refractivity contribution in [2.24, 2.45) is 0 Å². The Morgan fingerprint density at radius 1 is 1.45 bits per heavy atom. The van der Waals surface area contributed by atoms with E-state index >= 15 is 0 Å². The van der Waals surface area contributed by atoms with Crippen LogP contribution in [0.15, 0.2) is 36.5 Å². The van der Waals surface area contributed by atoms with Crippen molar-refractivity contribution in [1.82, 2.24) is 10.3 Å². The molecule has 1 atom stereocenters. The van der Waals surface area contributed by atoms with Crippen LogP contribution in [0.4, 0.5) is 4.39 Å². The first-order chi connectivity index (χ1) is 10.4. The molecule has 6 heteroatoms. The van der Waals surface area contributed by atoms with Gasteiger partial charge in [-0.25, -0.2) is 9.37 Å². The van der Waals surface area contributed by atoms with Crippen molar-refractivity contribution in [3.63, 3.8) is 0 Å². The van der Waals surface area contributed by atoms with E-state index in [-0.39, 0.29) is 18.3 Å². The predicted octanol–water partition coefficient (Wildman–Crippen LogP) is 2.63. The van der Waals surface area contributed by atoms with Crippen LogP contribution in [-0.2, 0) is 10.4 Å². The van der Waals surface area contributed by atoms with E-state index in [2.05, 4.69) is 10.3 Å². The Morgan fingerprint density at radius 3 is 2.73 bits per heavy atom. The van der Waals surface area contributed by atoms with Gasteiger partial charge in [0.2, 0.25) is 5.91 Å². The third kappa shape index (κ3) is 4.47. The predicted molar refractivity (Wildman–Crippen MR) is 84.9 cm³/mol. The Hall–Kier alpha value is -2.05. The highest BCUT2D eigenvalue weighted by molar-refractivity contribution is 7.12. The quantitative estimate of drug-likeness (QED) is 0.833. The molecule has 1 unspecified atom stereocenters.